The molecule has 0 aromatic heterocycles. The molecule has 1 aliphatic rings. The van der Waals surface area contributed by atoms with E-state index in [4.69, 9.17) is 0 Å². The number of benzene rings is 1. The summed E-state index contributed by atoms with van der Waals surface area (Å²) in [6, 6.07) is 4.43. The topological polar surface area (TPSA) is 12.0 Å². The van der Waals surface area contributed by atoms with E-state index in [-0.39, 0.29) is 5.56 Å². The quantitative estimate of drug-likeness (QED) is 0.810. The summed E-state index contributed by atoms with van der Waals surface area (Å²) in [5, 5.41) is 3.20. The Morgan fingerprint density at radius 2 is 1.73 bits per heavy atom. The smallest absolute Gasteiger partial charge is 0.130 e. The molecule has 2 rings (SSSR count). The van der Waals surface area contributed by atoms with Gasteiger partial charge in [0.15, 0.2) is 0 Å². The predicted octanol–water partition coefficient (Wildman–Crippen LogP) is 3.00. The molecule has 1 N–H and O–H groups in total. The summed E-state index contributed by atoms with van der Waals surface area (Å²) < 4.78 is 26.5. The Hall–Kier alpha value is -0.960. The highest BCUT2D eigenvalue weighted by atomic mass is 19.1. The van der Waals surface area contributed by atoms with Gasteiger partial charge in [-0.3, -0.25) is 0 Å². The lowest BCUT2D eigenvalue weighted by molar-refractivity contribution is 0.487. The highest BCUT2D eigenvalue weighted by Crippen LogP contribution is 2.19. The van der Waals surface area contributed by atoms with Gasteiger partial charge in [-0.1, -0.05) is 18.9 Å². The minimum atomic E-state index is -0.458. The van der Waals surface area contributed by atoms with E-state index in [0.29, 0.717) is 12.6 Å². The van der Waals surface area contributed by atoms with Crippen molar-refractivity contribution in [2.45, 2.75) is 38.3 Å². The molecule has 1 saturated carbocycles. The number of nitrogens with one attached hydrogen (secondary N) is 1. The van der Waals surface area contributed by atoms with Crippen LogP contribution in [0, 0.1) is 11.6 Å². The maximum Gasteiger partial charge on any atom is 0.130 e. The molecule has 1 fully saturated rings. The monoisotopic (exact) mass is 211 g/mol. The molecule has 1 aromatic carbocycles. The lowest BCUT2D eigenvalue weighted by Gasteiger charge is -2.12. The van der Waals surface area contributed by atoms with Gasteiger partial charge in [0.25, 0.3) is 0 Å². The normalized spacial score (nSPS) is 17.2. The van der Waals surface area contributed by atoms with Gasteiger partial charge < -0.3 is 5.32 Å². The molecular weight excluding hydrogens is 196 g/mol. The van der Waals surface area contributed by atoms with Crippen molar-refractivity contribution in [1.29, 1.82) is 0 Å². The molecule has 0 bridgehead atoms. The van der Waals surface area contributed by atoms with Crippen molar-refractivity contribution in [3.8, 4) is 0 Å². The molecule has 1 aliphatic carbocycles. The van der Waals surface area contributed by atoms with Crippen LogP contribution >= 0.6 is 0 Å². The summed E-state index contributed by atoms with van der Waals surface area (Å²) in [6.07, 6.45) is 4.68. The van der Waals surface area contributed by atoms with Crippen LogP contribution in [0.4, 0.5) is 8.78 Å². The highest BCUT2D eigenvalue weighted by Gasteiger charge is 2.15. The third-order valence-electron chi connectivity index (χ3n) is 2.98. The molecule has 0 unspecified atom stereocenters. The number of hydrogen-bond acceptors (Lipinski definition) is 1. The Balaban J connectivity index is 1.97. The Kier molecular flexibility index (Phi) is 3.31. The zero-order valence-corrected chi connectivity index (χ0v) is 8.60. The SMILES string of the molecule is Fc1cccc(F)c1CNC1CCCC1. The molecule has 1 aromatic rings. The number of halogens is 2. The van der Waals surface area contributed by atoms with Gasteiger partial charge in [-0.05, 0) is 25.0 Å². The lowest BCUT2D eigenvalue weighted by Crippen LogP contribution is -2.26. The summed E-state index contributed by atoms with van der Waals surface area (Å²) in [7, 11) is 0. The fourth-order valence-corrected chi connectivity index (χ4v) is 2.08. The number of rotatable bonds is 3. The first-order valence-electron chi connectivity index (χ1n) is 5.43. The molecule has 0 spiro atoms. The van der Waals surface area contributed by atoms with Crippen molar-refractivity contribution in [2.24, 2.45) is 0 Å². The van der Waals surface area contributed by atoms with Crippen molar-refractivity contribution < 1.29 is 8.78 Å². The fourth-order valence-electron chi connectivity index (χ4n) is 2.08. The Morgan fingerprint density at radius 3 is 2.33 bits per heavy atom. The van der Waals surface area contributed by atoms with Crippen molar-refractivity contribution in [3.05, 3.63) is 35.4 Å². The van der Waals surface area contributed by atoms with Crippen LogP contribution in [-0.2, 0) is 6.54 Å². The molecule has 0 heterocycles. The molecule has 0 aliphatic heterocycles. The molecule has 82 valence electrons. The van der Waals surface area contributed by atoms with Gasteiger partial charge in [-0.25, -0.2) is 8.78 Å². The average molecular weight is 211 g/mol. The summed E-state index contributed by atoms with van der Waals surface area (Å²) >= 11 is 0. The van der Waals surface area contributed by atoms with Crippen LogP contribution in [0.5, 0.6) is 0 Å². The third kappa shape index (κ3) is 2.53. The minimum absolute atomic E-state index is 0.157. The van der Waals surface area contributed by atoms with E-state index in [1.54, 1.807) is 0 Å². The summed E-state index contributed by atoms with van der Waals surface area (Å²) in [6.45, 7) is 0.295. The van der Waals surface area contributed by atoms with E-state index in [1.165, 1.54) is 31.0 Å². The van der Waals surface area contributed by atoms with E-state index in [2.05, 4.69) is 5.32 Å². The van der Waals surface area contributed by atoms with Gasteiger partial charge in [-0.15, -0.1) is 0 Å². The van der Waals surface area contributed by atoms with Gasteiger partial charge in [0, 0.05) is 18.2 Å². The molecule has 0 amide bonds. The first kappa shape index (κ1) is 10.6. The average Bonchev–Trinajstić information content (AvgIpc) is 2.70. The first-order valence-corrected chi connectivity index (χ1v) is 5.43. The van der Waals surface area contributed by atoms with Crippen molar-refractivity contribution >= 4 is 0 Å². The summed E-state index contributed by atoms with van der Waals surface area (Å²) in [5.74, 6) is -0.916. The van der Waals surface area contributed by atoms with Crippen LogP contribution in [0.1, 0.15) is 31.2 Å². The maximum absolute atomic E-state index is 13.2. The van der Waals surface area contributed by atoms with E-state index in [0.717, 1.165) is 12.8 Å². The molecule has 15 heavy (non-hydrogen) atoms. The maximum atomic E-state index is 13.2. The van der Waals surface area contributed by atoms with Crippen LogP contribution in [0.2, 0.25) is 0 Å². The summed E-state index contributed by atoms with van der Waals surface area (Å²) in [5.41, 5.74) is 0.157. The Bertz CT molecular complexity index is 312. The van der Waals surface area contributed by atoms with E-state index < -0.39 is 11.6 Å². The lowest BCUT2D eigenvalue weighted by atomic mass is 10.1. The number of hydrogen-bond donors (Lipinski definition) is 1. The molecule has 3 heteroatoms. The van der Waals surface area contributed by atoms with Crippen molar-refractivity contribution in [1.82, 2.24) is 5.32 Å². The van der Waals surface area contributed by atoms with Crippen LogP contribution in [0.15, 0.2) is 18.2 Å². The van der Waals surface area contributed by atoms with Crippen LogP contribution < -0.4 is 5.32 Å². The highest BCUT2D eigenvalue weighted by molar-refractivity contribution is 5.19. The van der Waals surface area contributed by atoms with Gasteiger partial charge in [0.05, 0.1) is 0 Å². The van der Waals surface area contributed by atoms with E-state index in [1.807, 2.05) is 0 Å². The van der Waals surface area contributed by atoms with Gasteiger partial charge >= 0.3 is 0 Å². The van der Waals surface area contributed by atoms with E-state index in [9.17, 15) is 8.78 Å². The second kappa shape index (κ2) is 4.71. The predicted molar refractivity (Wildman–Crippen MR) is 55.5 cm³/mol. The molecule has 0 saturated heterocycles. The minimum Gasteiger partial charge on any atom is -0.310 e. The van der Waals surface area contributed by atoms with Crippen LogP contribution in [0.25, 0.3) is 0 Å². The molecule has 1 nitrogen and oxygen atoms in total. The fraction of sp³-hybridized carbons (Fsp3) is 0.500. The second-order valence-electron chi connectivity index (χ2n) is 4.06. The first-order chi connectivity index (χ1) is 7.27. The van der Waals surface area contributed by atoms with Crippen molar-refractivity contribution in [2.75, 3.05) is 0 Å². The standard InChI is InChI=1S/C12H15F2N/c13-11-6-3-7-12(14)10(11)8-15-9-4-1-2-5-9/h3,6-7,9,15H,1-2,4-5,8H2. The third-order valence-corrected chi connectivity index (χ3v) is 2.98. The molecule has 0 atom stereocenters. The molecule has 0 radical (unpaired) electrons. The van der Waals surface area contributed by atoms with Gasteiger partial charge in [-0.2, -0.15) is 0 Å². The second-order valence-corrected chi connectivity index (χ2v) is 4.06. The zero-order valence-electron chi connectivity index (χ0n) is 8.60. The van der Waals surface area contributed by atoms with Gasteiger partial charge in [0.1, 0.15) is 11.6 Å². The van der Waals surface area contributed by atoms with Gasteiger partial charge in [0.2, 0.25) is 0 Å². The van der Waals surface area contributed by atoms with Crippen LogP contribution in [0.3, 0.4) is 0 Å². The Morgan fingerprint density at radius 1 is 1.13 bits per heavy atom. The largest absolute Gasteiger partial charge is 0.310 e. The van der Waals surface area contributed by atoms with E-state index >= 15 is 0 Å². The van der Waals surface area contributed by atoms with Crippen molar-refractivity contribution in [3.63, 3.8) is 0 Å². The zero-order chi connectivity index (χ0) is 10.7. The summed E-state index contributed by atoms with van der Waals surface area (Å²) in [4.78, 5) is 0. The van der Waals surface area contributed by atoms with Crippen LogP contribution in [-0.4, -0.2) is 6.04 Å². The molecular formula is C12H15F2N. The Labute approximate surface area is 88.5 Å².